The lowest BCUT2D eigenvalue weighted by Gasteiger charge is -2.09. The van der Waals surface area contributed by atoms with Crippen LogP contribution >= 0.6 is 34.8 Å². The molecule has 0 saturated carbocycles. The van der Waals surface area contributed by atoms with E-state index in [1.54, 1.807) is 12.1 Å². The smallest absolute Gasteiger partial charge is 0.176 e. The Morgan fingerprint density at radius 1 is 1.14 bits per heavy atom. The number of nitriles is 1. The van der Waals surface area contributed by atoms with E-state index in [4.69, 9.17) is 40.1 Å². The predicted molar refractivity (Wildman–Crippen MR) is 86.5 cm³/mol. The minimum atomic E-state index is 0.274. The summed E-state index contributed by atoms with van der Waals surface area (Å²) >= 11 is 18.0. The summed E-state index contributed by atoms with van der Waals surface area (Å²) in [4.78, 5) is 4.11. The summed E-state index contributed by atoms with van der Waals surface area (Å²) in [6, 6.07) is 8.95. The summed E-state index contributed by atoms with van der Waals surface area (Å²) in [6.45, 7) is 0.470. The van der Waals surface area contributed by atoms with Gasteiger partial charge in [0.15, 0.2) is 5.65 Å². The first kappa shape index (κ1) is 14.9. The zero-order valence-electron chi connectivity index (χ0n) is 11.0. The van der Waals surface area contributed by atoms with Crippen LogP contribution in [0.1, 0.15) is 11.1 Å². The van der Waals surface area contributed by atoms with Crippen molar-refractivity contribution in [1.29, 1.82) is 5.26 Å². The zero-order valence-corrected chi connectivity index (χ0v) is 13.3. The van der Waals surface area contributed by atoms with Gasteiger partial charge in [-0.2, -0.15) is 14.9 Å². The van der Waals surface area contributed by atoms with Crippen LogP contribution in [0.25, 0.3) is 5.65 Å². The summed E-state index contributed by atoms with van der Waals surface area (Å²) in [5.74, 6) is 0.618. The van der Waals surface area contributed by atoms with E-state index in [1.165, 1.54) is 10.7 Å². The molecule has 0 unspecified atom stereocenters. The molecule has 22 heavy (non-hydrogen) atoms. The number of aromatic nitrogens is 3. The first-order chi connectivity index (χ1) is 10.6. The largest absolute Gasteiger partial charge is 0.366 e. The lowest BCUT2D eigenvalue weighted by molar-refractivity contribution is 0.925. The van der Waals surface area contributed by atoms with Crippen LogP contribution in [0.5, 0.6) is 0 Å². The van der Waals surface area contributed by atoms with Crippen molar-refractivity contribution in [2.24, 2.45) is 0 Å². The molecule has 0 bridgehead atoms. The molecule has 1 aromatic carbocycles. The summed E-state index contributed by atoms with van der Waals surface area (Å²) in [6.07, 6.45) is 1.44. The summed E-state index contributed by atoms with van der Waals surface area (Å²) in [5, 5.41) is 17.8. The maximum absolute atomic E-state index is 9.04. The fourth-order valence-corrected chi connectivity index (χ4v) is 2.80. The molecule has 0 amide bonds. The predicted octanol–water partition coefficient (Wildman–Crippen LogP) is 4.17. The van der Waals surface area contributed by atoms with Gasteiger partial charge in [-0.1, -0.05) is 34.8 Å². The Balaban J connectivity index is 1.94. The van der Waals surface area contributed by atoms with Gasteiger partial charge in [0.1, 0.15) is 22.6 Å². The third-order valence-corrected chi connectivity index (χ3v) is 3.59. The van der Waals surface area contributed by atoms with Crippen LogP contribution in [0.4, 0.5) is 5.82 Å². The molecule has 0 saturated heterocycles. The molecular formula is C14H8Cl3N5. The van der Waals surface area contributed by atoms with Crippen LogP contribution in [0.15, 0.2) is 30.5 Å². The highest BCUT2D eigenvalue weighted by Crippen LogP contribution is 2.22. The second-order valence-electron chi connectivity index (χ2n) is 4.50. The molecule has 0 atom stereocenters. The van der Waals surface area contributed by atoms with E-state index in [-0.39, 0.29) is 5.15 Å². The van der Waals surface area contributed by atoms with Crippen LogP contribution in [-0.2, 0) is 6.54 Å². The van der Waals surface area contributed by atoms with Gasteiger partial charge in [-0.15, -0.1) is 0 Å². The third-order valence-electron chi connectivity index (χ3n) is 2.96. The quantitative estimate of drug-likeness (QED) is 0.718. The van der Waals surface area contributed by atoms with E-state index >= 15 is 0 Å². The molecule has 110 valence electrons. The summed E-state index contributed by atoms with van der Waals surface area (Å²) < 4.78 is 1.52. The van der Waals surface area contributed by atoms with Gasteiger partial charge in [-0.05, 0) is 23.8 Å². The number of halogens is 3. The van der Waals surface area contributed by atoms with Crippen LogP contribution < -0.4 is 5.32 Å². The minimum Gasteiger partial charge on any atom is -0.366 e. The molecule has 2 heterocycles. The second kappa shape index (κ2) is 6.01. The summed E-state index contributed by atoms with van der Waals surface area (Å²) in [5.41, 5.74) is 1.67. The minimum absolute atomic E-state index is 0.274. The van der Waals surface area contributed by atoms with E-state index < -0.39 is 0 Å². The normalized spacial score (nSPS) is 10.6. The molecule has 3 rings (SSSR count). The molecular weight excluding hydrogens is 345 g/mol. The van der Waals surface area contributed by atoms with E-state index in [0.717, 1.165) is 5.56 Å². The number of hydrogen-bond acceptors (Lipinski definition) is 4. The molecule has 0 radical (unpaired) electrons. The Hall–Kier alpha value is -2.00. The molecule has 0 spiro atoms. The van der Waals surface area contributed by atoms with Gasteiger partial charge in [0.05, 0.1) is 6.20 Å². The number of benzene rings is 1. The standard InChI is InChI=1S/C14H8Cl3N5/c15-10-1-8(2-11(16)3-10)6-19-13-4-12(17)21-14-9(5-18)7-20-22(13)14/h1-4,7,19H,6H2. The fraction of sp³-hybridized carbons (Fsp3) is 0.0714. The molecule has 0 fully saturated rings. The molecule has 0 aliphatic rings. The zero-order chi connectivity index (χ0) is 15.7. The maximum Gasteiger partial charge on any atom is 0.176 e. The van der Waals surface area contributed by atoms with Crippen molar-refractivity contribution in [3.05, 3.63) is 56.8 Å². The van der Waals surface area contributed by atoms with Gasteiger partial charge < -0.3 is 5.32 Å². The van der Waals surface area contributed by atoms with Crippen molar-refractivity contribution < 1.29 is 0 Å². The summed E-state index contributed by atoms with van der Waals surface area (Å²) in [7, 11) is 0. The van der Waals surface area contributed by atoms with Crippen molar-refractivity contribution in [2.75, 3.05) is 5.32 Å². The van der Waals surface area contributed by atoms with Gasteiger partial charge in [0, 0.05) is 22.7 Å². The number of anilines is 1. The molecule has 2 aromatic heterocycles. The van der Waals surface area contributed by atoms with Crippen molar-refractivity contribution >= 4 is 46.3 Å². The first-order valence-electron chi connectivity index (χ1n) is 6.20. The van der Waals surface area contributed by atoms with E-state index in [1.807, 2.05) is 18.2 Å². The number of nitrogens with zero attached hydrogens (tertiary/aromatic N) is 4. The Bertz CT molecular complexity index is 877. The molecule has 0 aliphatic carbocycles. The molecule has 1 N–H and O–H groups in total. The lowest BCUT2D eigenvalue weighted by Crippen LogP contribution is -2.06. The second-order valence-corrected chi connectivity index (χ2v) is 5.76. The lowest BCUT2D eigenvalue weighted by atomic mass is 10.2. The van der Waals surface area contributed by atoms with Gasteiger partial charge in [0.2, 0.25) is 0 Å². The molecule has 3 aromatic rings. The topological polar surface area (TPSA) is 66.0 Å². The van der Waals surface area contributed by atoms with Gasteiger partial charge >= 0.3 is 0 Å². The number of nitrogens with one attached hydrogen (secondary N) is 1. The van der Waals surface area contributed by atoms with Crippen LogP contribution in [-0.4, -0.2) is 14.6 Å². The average Bonchev–Trinajstić information content (AvgIpc) is 2.86. The molecule has 8 heteroatoms. The van der Waals surface area contributed by atoms with E-state index in [2.05, 4.69) is 15.4 Å². The Kier molecular flexibility index (Phi) is 4.08. The van der Waals surface area contributed by atoms with Gasteiger partial charge in [-0.3, -0.25) is 0 Å². The Morgan fingerprint density at radius 3 is 2.55 bits per heavy atom. The van der Waals surface area contributed by atoms with Crippen molar-refractivity contribution in [1.82, 2.24) is 14.6 Å². The molecule has 0 aliphatic heterocycles. The van der Waals surface area contributed by atoms with Crippen molar-refractivity contribution in [3.63, 3.8) is 0 Å². The SMILES string of the molecule is N#Cc1cnn2c(NCc3cc(Cl)cc(Cl)c3)cc(Cl)nc12. The Labute approximate surface area is 141 Å². The number of fused-ring (bicyclic) bond motifs is 1. The van der Waals surface area contributed by atoms with E-state index in [0.29, 0.717) is 33.6 Å². The number of rotatable bonds is 3. The highest BCUT2D eigenvalue weighted by Gasteiger charge is 2.10. The van der Waals surface area contributed by atoms with Crippen LogP contribution in [0.3, 0.4) is 0 Å². The monoisotopic (exact) mass is 351 g/mol. The fourth-order valence-electron chi connectivity index (χ4n) is 2.04. The third kappa shape index (κ3) is 2.95. The Morgan fingerprint density at radius 2 is 1.86 bits per heavy atom. The van der Waals surface area contributed by atoms with Gasteiger partial charge in [-0.25, -0.2) is 4.98 Å². The molecule has 5 nitrogen and oxygen atoms in total. The van der Waals surface area contributed by atoms with E-state index in [9.17, 15) is 0 Å². The van der Waals surface area contributed by atoms with Crippen LogP contribution in [0, 0.1) is 11.3 Å². The first-order valence-corrected chi connectivity index (χ1v) is 7.33. The van der Waals surface area contributed by atoms with Crippen molar-refractivity contribution in [3.8, 4) is 6.07 Å². The average molecular weight is 353 g/mol. The number of hydrogen-bond donors (Lipinski definition) is 1. The highest BCUT2D eigenvalue weighted by molar-refractivity contribution is 6.34. The van der Waals surface area contributed by atoms with Crippen LogP contribution in [0.2, 0.25) is 15.2 Å². The maximum atomic E-state index is 9.04. The van der Waals surface area contributed by atoms with Crippen molar-refractivity contribution in [2.45, 2.75) is 6.54 Å². The highest BCUT2D eigenvalue weighted by atomic mass is 35.5. The van der Waals surface area contributed by atoms with Gasteiger partial charge in [0.25, 0.3) is 0 Å².